The molecule has 0 aliphatic carbocycles. The zero-order valence-electron chi connectivity index (χ0n) is 17.5. The Kier molecular flexibility index (Phi) is 5.85. The normalized spacial score (nSPS) is 15.7. The molecule has 2 aromatic carbocycles. The topological polar surface area (TPSA) is 80.8 Å². The van der Waals surface area contributed by atoms with Crippen LogP contribution in [-0.4, -0.2) is 47.3 Å². The highest BCUT2D eigenvalue weighted by atomic mass is 32.2. The number of aromatic nitrogens is 1. The monoisotopic (exact) mass is 449 g/mol. The number of piperidine rings is 1. The zero-order valence-corrected chi connectivity index (χ0v) is 18.3. The number of benzene rings is 2. The SMILES string of the molecule is O=C(Nc1ccc2c(c1)OCO2)C1CCN(C(=O)CSc2nccc3ccccc23)CC1. The lowest BCUT2D eigenvalue weighted by atomic mass is 9.96. The third kappa shape index (κ3) is 4.36. The predicted octanol–water partition coefficient (Wildman–Crippen LogP) is 3.93. The number of anilines is 1. The summed E-state index contributed by atoms with van der Waals surface area (Å²) in [5.41, 5.74) is 0.691. The maximum Gasteiger partial charge on any atom is 0.232 e. The highest BCUT2D eigenvalue weighted by Crippen LogP contribution is 2.34. The van der Waals surface area contributed by atoms with Crippen molar-refractivity contribution in [2.75, 3.05) is 31.0 Å². The highest BCUT2D eigenvalue weighted by Gasteiger charge is 2.28. The highest BCUT2D eigenvalue weighted by molar-refractivity contribution is 8.00. The molecule has 0 bridgehead atoms. The fourth-order valence-electron chi connectivity index (χ4n) is 4.04. The number of carbonyl (C=O) groups is 2. The van der Waals surface area contributed by atoms with E-state index in [0.29, 0.717) is 48.9 Å². The van der Waals surface area contributed by atoms with Crippen LogP contribution in [0, 0.1) is 5.92 Å². The van der Waals surface area contributed by atoms with Gasteiger partial charge in [-0.05, 0) is 36.4 Å². The number of pyridine rings is 1. The summed E-state index contributed by atoms with van der Waals surface area (Å²) in [7, 11) is 0. The van der Waals surface area contributed by atoms with E-state index >= 15 is 0 Å². The minimum Gasteiger partial charge on any atom is -0.454 e. The molecule has 3 aromatic rings. The van der Waals surface area contributed by atoms with Gasteiger partial charge >= 0.3 is 0 Å². The minimum atomic E-state index is -0.114. The summed E-state index contributed by atoms with van der Waals surface area (Å²) in [5, 5.41) is 6.01. The number of thioether (sulfide) groups is 1. The first-order valence-corrected chi connectivity index (χ1v) is 11.6. The van der Waals surface area contributed by atoms with Gasteiger partial charge in [0.1, 0.15) is 5.03 Å². The molecule has 1 saturated heterocycles. The van der Waals surface area contributed by atoms with E-state index in [1.807, 2.05) is 41.3 Å². The third-order valence-corrected chi connectivity index (χ3v) is 6.82. The van der Waals surface area contributed by atoms with E-state index in [-0.39, 0.29) is 24.5 Å². The van der Waals surface area contributed by atoms with Crippen molar-refractivity contribution in [3.8, 4) is 11.5 Å². The van der Waals surface area contributed by atoms with E-state index in [0.717, 1.165) is 15.8 Å². The van der Waals surface area contributed by atoms with Gasteiger partial charge in [-0.3, -0.25) is 9.59 Å². The first-order valence-electron chi connectivity index (χ1n) is 10.6. The zero-order chi connectivity index (χ0) is 21.9. The van der Waals surface area contributed by atoms with Crippen LogP contribution in [0.1, 0.15) is 12.8 Å². The molecule has 0 atom stereocenters. The van der Waals surface area contributed by atoms with Crippen molar-refractivity contribution in [2.45, 2.75) is 17.9 Å². The molecule has 1 fully saturated rings. The van der Waals surface area contributed by atoms with Crippen LogP contribution in [0.2, 0.25) is 0 Å². The van der Waals surface area contributed by atoms with Gasteiger partial charge in [0.15, 0.2) is 11.5 Å². The molecular weight excluding hydrogens is 426 g/mol. The number of likely N-dealkylation sites (tertiary alicyclic amines) is 1. The number of nitrogens with zero attached hydrogens (tertiary/aromatic N) is 2. The van der Waals surface area contributed by atoms with Crippen molar-refractivity contribution in [1.82, 2.24) is 9.88 Å². The van der Waals surface area contributed by atoms with Crippen molar-refractivity contribution in [2.24, 2.45) is 5.92 Å². The molecule has 32 heavy (non-hydrogen) atoms. The van der Waals surface area contributed by atoms with Crippen LogP contribution < -0.4 is 14.8 Å². The number of amides is 2. The van der Waals surface area contributed by atoms with Crippen molar-refractivity contribution >= 4 is 40.0 Å². The largest absolute Gasteiger partial charge is 0.454 e. The Bertz CT molecular complexity index is 1160. The number of fused-ring (bicyclic) bond motifs is 2. The van der Waals surface area contributed by atoms with Gasteiger partial charge in [-0.2, -0.15) is 0 Å². The Morgan fingerprint density at radius 2 is 1.88 bits per heavy atom. The number of ether oxygens (including phenoxy) is 2. The van der Waals surface area contributed by atoms with Gasteiger partial charge in [-0.1, -0.05) is 36.0 Å². The molecular formula is C24H23N3O4S. The number of hydrogen-bond donors (Lipinski definition) is 1. The molecule has 0 radical (unpaired) electrons. The van der Waals surface area contributed by atoms with Gasteiger partial charge in [0.2, 0.25) is 18.6 Å². The van der Waals surface area contributed by atoms with Crippen LogP contribution in [0.3, 0.4) is 0 Å². The fraction of sp³-hybridized carbons (Fsp3) is 0.292. The fourth-order valence-corrected chi connectivity index (χ4v) is 4.96. The van der Waals surface area contributed by atoms with Crippen molar-refractivity contribution in [3.63, 3.8) is 0 Å². The lowest BCUT2D eigenvalue weighted by molar-refractivity contribution is -0.132. The number of hydrogen-bond acceptors (Lipinski definition) is 6. The second kappa shape index (κ2) is 9.08. The summed E-state index contributed by atoms with van der Waals surface area (Å²) in [6.45, 7) is 1.37. The summed E-state index contributed by atoms with van der Waals surface area (Å²) in [6.07, 6.45) is 3.08. The average Bonchev–Trinajstić information content (AvgIpc) is 3.30. The standard InChI is InChI=1S/C24H23N3O4S/c28-22(14-32-24-19-4-2-1-3-16(19)7-10-25-24)27-11-8-17(9-12-27)23(29)26-18-5-6-20-21(13-18)31-15-30-20/h1-7,10,13,17H,8-9,11-12,14-15H2,(H,26,29). The van der Waals surface area contributed by atoms with E-state index in [1.165, 1.54) is 11.8 Å². The molecule has 0 spiro atoms. The minimum absolute atomic E-state index is 0.0229. The van der Waals surface area contributed by atoms with Gasteiger partial charge in [-0.25, -0.2) is 4.98 Å². The Balaban J connectivity index is 1.12. The average molecular weight is 450 g/mol. The van der Waals surface area contributed by atoms with Crippen LogP contribution in [0.5, 0.6) is 11.5 Å². The molecule has 5 rings (SSSR count). The molecule has 3 heterocycles. The van der Waals surface area contributed by atoms with Crippen molar-refractivity contribution in [3.05, 3.63) is 54.7 Å². The number of carbonyl (C=O) groups excluding carboxylic acids is 2. The van der Waals surface area contributed by atoms with Crippen LogP contribution in [0.15, 0.2) is 59.8 Å². The number of nitrogens with one attached hydrogen (secondary N) is 1. The Hall–Kier alpha value is -3.26. The maximum atomic E-state index is 12.7. The van der Waals surface area contributed by atoms with Crippen LogP contribution in [0.4, 0.5) is 5.69 Å². The lowest BCUT2D eigenvalue weighted by Crippen LogP contribution is -2.42. The molecule has 7 nitrogen and oxygen atoms in total. The van der Waals surface area contributed by atoms with E-state index < -0.39 is 0 Å². The van der Waals surface area contributed by atoms with Crippen molar-refractivity contribution in [1.29, 1.82) is 0 Å². The molecule has 1 aromatic heterocycles. The third-order valence-electron chi connectivity index (χ3n) is 5.83. The smallest absolute Gasteiger partial charge is 0.232 e. The molecule has 0 unspecified atom stereocenters. The molecule has 164 valence electrons. The molecule has 1 N–H and O–H groups in total. The first-order chi connectivity index (χ1) is 15.7. The molecule has 2 aliphatic heterocycles. The second-order valence-corrected chi connectivity index (χ2v) is 8.80. The quantitative estimate of drug-likeness (QED) is 0.595. The summed E-state index contributed by atoms with van der Waals surface area (Å²) in [6, 6.07) is 15.4. The van der Waals surface area contributed by atoms with E-state index in [2.05, 4.69) is 10.3 Å². The maximum absolute atomic E-state index is 12.7. The predicted molar refractivity (Wildman–Crippen MR) is 123 cm³/mol. The molecule has 0 saturated carbocycles. The molecule has 2 aliphatic rings. The van der Waals surface area contributed by atoms with Gasteiger partial charge in [0.05, 0.1) is 5.75 Å². The van der Waals surface area contributed by atoms with Crippen LogP contribution in [-0.2, 0) is 9.59 Å². The number of rotatable bonds is 5. The van der Waals surface area contributed by atoms with Gasteiger partial charge in [0, 0.05) is 42.3 Å². The van der Waals surface area contributed by atoms with Gasteiger partial charge in [0.25, 0.3) is 0 Å². The van der Waals surface area contributed by atoms with Crippen LogP contribution in [0.25, 0.3) is 10.8 Å². The Morgan fingerprint density at radius 3 is 2.75 bits per heavy atom. The summed E-state index contributed by atoms with van der Waals surface area (Å²) in [4.78, 5) is 31.7. The van der Waals surface area contributed by atoms with Crippen molar-refractivity contribution < 1.29 is 19.1 Å². The first kappa shape index (κ1) is 20.6. The molecule has 2 amide bonds. The molecule has 8 heteroatoms. The van der Waals surface area contributed by atoms with Gasteiger partial charge < -0.3 is 19.7 Å². The summed E-state index contributed by atoms with van der Waals surface area (Å²) in [5.74, 6) is 1.61. The van der Waals surface area contributed by atoms with E-state index in [1.54, 1.807) is 18.3 Å². The Labute approximate surface area is 190 Å². The van der Waals surface area contributed by atoms with E-state index in [9.17, 15) is 9.59 Å². The summed E-state index contributed by atoms with van der Waals surface area (Å²) >= 11 is 1.47. The van der Waals surface area contributed by atoms with Crippen LogP contribution >= 0.6 is 11.8 Å². The Morgan fingerprint density at radius 1 is 1.06 bits per heavy atom. The second-order valence-electron chi connectivity index (χ2n) is 7.84. The van der Waals surface area contributed by atoms with E-state index in [4.69, 9.17) is 9.47 Å². The van der Waals surface area contributed by atoms with Gasteiger partial charge in [-0.15, -0.1) is 0 Å². The summed E-state index contributed by atoms with van der Waals surface area (Å²) < 4.78 is 10.7. The lowest BCUT2D eigenvalue weighted by Gasteiger charge is -2.31.